The third-order valence-electron chi connectivity index (χ3n) is 4.29. The summed E-state index contributed by atoms with van der Waals surface area (Å²) in [5, 5.41) is 0. The molecule has 1 saturated heterocycles. The third-order valence-corrected chi connectivity index (χ3v) is 4.29. The van der Waals surface area contributed by atoms with Gasteiger partial charge in [-0.05, 0) is 44.6 Å². The van der Waals surface area contributed by atoms with Gasteiger partial charge in [0.05, 0.1) is 0 Å². The van der Waals surface area contributed by atoms with Crippen LogP contribution in [0.3, 0.4) is 0 Å². The van der Waals surface area contributed by atoms with E-state index in [-0.39, 0.29) is 5.54 Å². The maximum Gasteiger partial charge on any atom is 0.0284 e. The Hall–Kier alpha value is -0.0800. The lowest BCUT2D eigenvalue weighted by Crippen LogP contribution is -2.42. The smallest absolute Gasteiger partial charge is 0.0284 e. The quantitative estimate of drug-likeness (QED) is 0.695. The molecule has 0 bridgehead atoms. The molecule has 3 aliphatic rings. The highest BCUT2D eigenvalue weighted by molar-refractivity contribution is 5.04. The van der Waals surface area contributed by atoms with Crippen molar-refractivity contribution in [3.63, 3.8) is 0 Å². The third kappa shape index (κ3) is 1.40. The van der Waals surface area contributed by atoms with Crippen molar-refractivity contribution in [3.8, 4) is 0 Å². The zero-order chi connectivity index (χ0) is 8.89. The molecule has 13 heavy (non-hydrogen) atoms. The van der Waals surface area contributed by atoms with E-state index in [2.05, 4.69) is 4.90 Å². The number of hydrogen-bond donors (Lipinski definition) is 1. The summed E-state index contributed by atoms with van der Waals surface area (Å²) < 4.78 is 0. The SMILES string of the molecule is NC1(CN2CCC3CCCC32)CC1. The Balaban J connectivity index is 1.64. The van der Waals surface area contributed by atoms with Crippen molar-refractivity contribution in [3.05, 3.63) is 0 Å². The maximum absolute atomic E-state index is 6.17. The molecule has 0 aromatic rings. The Labute approximate surface area is 80.5 Å². The Morgan fingerprint density at radius 3 is 2.85 bits per heavy atom. The lowest BCUT2D eigenvalue weighted by molar-refractivity contribution is 0.221. The predicted octanol–water partition coefficient (Wildman–Crippen LogP) is 1.35. The van der Waals surface area contributed by atoms with E-state index in [4.69, 9.17) is 5.73 Å². The van der Waals surface area contributed by atoms with Crippen LogP contribution in [0.25, 0.3) is 0 Å². The van der Waals surface area contributed by atoms with E-state index in [0.29, 0.717) is 0 Å². The minimum Gasteiger partial charge on any atom is -0.324 e. The Bertz CT molecular complexity index is 210. The number of likely N-dealkylation sites (tertiary alicyclic amines) is 1. The van der Waals surface area contributed by atoms with Crippen molar-refractivity contribution in [1.82, 2.24) is 4.90 Å². The van der Waals surface area contributed by atoms with E-state index in [9.17, 15) is 0 Å². The summed E-state index contributed by atoms with van der Waals surface area (Å²) in [7, 11) is 0. The number of nitrogens with two attached hydrogens (primary N) is 1. The molecule has 0 aromatic heterocycles. The summed E-state index contributed by atoms with van der Waals surface area (Å²) >= 11 is 0. The van der Waals surface area contributed by atoms with Gasteiger partial charge in [-0.3, -0.25) is 4.90 Å². The molecule has 2 N–H and O–H groups in total. The molecule has 2 aliphatic carbocycles. The lowest BCUT2D eigenvalue weighted by atomic mass is 10.0. The van der Waals surface area contributed by atoms with Gasteiger partial charge < -0.3 is 5.73 Å². The van der Waals surface area contributed by atoms with Gasteiger partial charge in [0.15, 0.2) is 0 Å². The van der Waals surface area contributed by atoms with Crippen LogP contribution >= 0.6 is 0 Å². The van der Waals surface area contributed by atoms with Gasteiger partial charge in [-0.1, -0.05) is 6.42 Å². The first-order valence-corrected chi connectivity index (χ1v) is 5.80. The molecule has 1 aliphatic heterocycles. The molecule has 2 nitrogen and oxygen atoms in total. The molecule has 0 spiro atoms. The number of hydrogen-bond acceptors (Lipinski definition) is 2. The first-order chi connectivity index (χ1) is 6.27. The van der Waals surface area contributed by atoms with Gasteiger partial charge in [-0.2, -0.15) is 0 Å². The van der Waals surface area contributed by atoms with Crippen LogP contribution < -0.4 is 5.73 Å². The summed E-state index contributed by atoms with van der Waals surface area (Å²) in [5.41, 5.74) is 6.40. The zero-order valence-electron chi connectivity index (χ0n) is 8.34. The molecule has 1 heterocycles. The van der Waals surface area contributed by atoms with Crippen LogP contribution in [0.1, 0.15) is 38.5 Å². The van der Waals surface area contributed by atoms with Crippen molar-refractivity contribution >= 4 is 0 Å². The Kier molecular flexibility index (Phi) is 1.72. The van der Waals surface area contributed by atoms with Crippen LogP contribution in [0.4, 0.5) is 0 Å². The highest BCUT2D eigenvalue weighted by Gasteiger charge is 2.45. The molecule has 2 unspecified atom stereocenters. The van der Waals surface area contributed by atoms with Crippen molar-refractivity contribution in [2.24, 2.45) is 11.7 Å². The van der Waals surface area contributed by atoms with Crippen LogP contribution in [-0.4, -0.2) is 29.6 Å². The highest BCUT2D eigenvalue weighted by atomic mass is 15.2. The van der Waals surface area contributed by atoms with Gasteiger partial charge in [-0.15, -0.1) is 0 Å². The van der Waals surface area contributed by atoms with E-state index in [1.807, 2.05) is 0 Å². The molecular formula is C11H20N2. The Morgan fingerprint density at radius 1 is 1.23 bits per heavy atom. The standard InChI is InChI=1S/C11H20N2/c12-11(5-6-11)8-13-7-4-9-2-1-3-10(9)13/h9-10H,1-8,12H2. The summed E-state index contributed by atoms with van der Waals surface area (Å²) in [6, 6.07) is 0.918. The molecule has 74 valence electrons. The largest absolute Gasteiger partial charge is 0.324 e. The van der Waals surface area contributed by atoms with E-state index in [1.54, 1.807) is 0 Å². The summed E-state index contributed by atoms with van der Waals surface area (Å²) in [5.74, 6) is 1.03. The maximum atomic E-state index is 6.17. The minimum atomic E-state index is 0.234. The van der Waals surface area contributed by atoms with Gasteiger partial charge in [0, 0.05) is 18.1 Å². The van der Waals surface area contributed by atoms with Gasteiger partial charge >= 0.3 is 0 Å². The average Bonchev–Trinajstić information content (AvgIpc) is 2.58. The topological polar surface area (TPSA) is 29.3 Å². The molecule has 3 fully saturated rings. The summed E-state index contributed by atoms with van der Waals surface area (Å²) in [4.78, 5) is 2.69. The van der Waals surface area contributed by atoms with Crippen LogP contribution in [0.2, 0.25) is 0 Å². The molecule has 0 aromatic carbocycles. The van der Waals surface area contributed by atoms with E-state index in [1.165, 1.54) is 51.6 Å². The second-order valence-electron chi connectivity index (χ2n) is 5.38. The second kappa shape index (κ2) is 2.71. The molecular weight excluding hydrogens is 160 g/mol. The van der Waals surface area contributed by atoms with Crippen molar-refractivity contribution in [1.29, 1.82) is 0 Å². The summed E-state index contributed by atoms with van der Waals surface area (Å²) in [6.45, 7) is 2.52. The number of nitrogens with zero attached hydrogens (tertiary/aromatic N) is 1. The van der Waals surface area contributed by atoms with Gasteiger partial charge in [0.2, 0.25) is 0 Å². The molecule has 2 heteroatoms. The fourth-order valence-electron chi connectivity index (χ4n) is 3.25. The lowest BCUT2D eigenvalue weighted by Gasteiger charge is -2.26. The molecule has 3 rings (SSSR count). The summed E-state index contributed by atoms with van der Waals surface area (Å²) in [6.07, 6.45) is 8.37. The van der Waals surface area contributed by atoms with Crippen LogP contribution in [0, 0.1) is 5.92 Å². The van der Waals surface area contributed by atoms with E-state index < -0.39 is 0 Å². The normalized spacial score (nSPS) is 42.2. The minimum absolute atomic E-state index is 0.234. The first kappa shape index (κ1) is 8.25. The van der Waals surface area contributed by atoms with Gasteiger partial charge in [0.25, 0.3) is 0 Å². The molecule has 0 radical (unpaired) electrons. The van der Waals surface area contributed by atoms with Crippen molar-refractivity contribution < 1.29 is 0 Å². The monoisotopic (exact) mass is 180 g/mol. The van der Waals surface area contributed by atoms with Crippen molar-refractivity contribution in [2.75, 3.05) is 13.1 Å². The van der Waals surface area contributed by atoms with E-state index in [0.717, 1.165) is 12.0 Å². The Morgan fingerprint density at radius 2 is 2.08 bits per heavy atom. The highest BCUT2D eigenvalue weighted by Crippen LogP contribution is 2.41. The van der Waals surface area contributed by atoms with Crippen LogP contribution in [0.5, 0.6) is 0 Å². The van der Waals surface area contributed by atoms with E-state index >= 15 is 0 Å². The van der Waals surface area contributed by atoms with Gasteiger partial charge in [-0.25, -0.2) is 0 Å². The zero-order valence-corrected chi connectivity index (χ0v) is 8.34. The number of rotatable bonds is 2. The fraction of sp³-hybridized carbons (Fsp3) is 1.00. The number of fused-ring (bicyclic) bond motifs is 1. The fourth-order valence-corrected chi connectivity index (χ4v) is 3.25. The van der Waals surface area contributed by atoms with Crippen LogP contribution in [-0.2, 0) is 0 Å². The molecule has 2 saturated carbocycles. The second-order valence-corrected chi connectivity index (χ2v) is 5.38. The predicted molar refractivity (Wildman–Crippen MR) is 53.5 cm³/mol. The average molecular weight is 180 g/mol. The van der Waals surface area contributed by atoms with Crippen molar-refractivity contribution in [2.45, 2.75) is 50.1 Å². The van der Waals surface area contributed by atoms with Gasteiger partial charge in [0.1, 0.15) is 0 Å². The molecule has 2 atom stereocenters. The first-order valence-electron chi connectivity index (χ1n) is 5.80. The molecule has 0 amide bonds. The van der Waals surface area contributed by atoms with Crippen LogP contribution in [0.15, 0.2) is 0 Å².